The summed E-state index contributed by atoms with van der Waals surface area (Å²) in [6.07, 6.45) is 1.93. The first-order chi connectivity index (χ1) is 36.1. The largest absolute Gasteiger partial charge is 0.507 e. The Labute approximate surface area is 442 Å². The van der Waals surface area contributed by atoms with Gasteiger partial charge in [0.1, 0.15) is 11.6 Å². The second-order valence-electron chi connectivity index (χ2n) is 22.5. The Morgan fingerprint density at radius 3 is 1.57 bits per heavy atom. The fourth-order valence-corrected chi connectivity index (χ4v) is 10.3. The Bertz CT molecular complexity index is 3850. The van der Waals surface area contributed by atoms with Gasteiger partial charge in [-0.1, -0.05) is 225 Å². The normalized spacial score (nSPS) is 12.1. The Morgan fingerprint density at radius 1 is 0.373 bits per heavy atom. The first-order valence-corrected chi connectivity index (χ1v) is 26.1. The van der Waals surface area contributed by atoms with Crippen LogP contribution in [0, 0.1) is 5.41 Å². The molecule has 0 saturated carbocycles. The van der Waals surface area contributed by atoms with Crippen molar-refractivity contribution in [2.45, 2.75) is 66.2 Å². The molecular weight excluding hydrogens is 911 g/mol. The van der Waals surface area contributed by atoms with Crippen molar-refractivity contribution in [3.63, 3.8) is 0 Å². The molecule has 0 atom stereocenters. The summed E-state index contributed by atoms with van der Waals surface area (Å²) in [7, 11) is 0. The van der Waals surface area contributed by atoms with E-state index in [4.69, 9.17) is 9.97 Å². The van der Waals surface area contributed by atoms with Crippen LogP contribution >= 0.6 is 0 Å². The summed E-state index contributed by atoms with van der Waals surface area (Å²) in [5.74, 6) is 0.804. The lowest BCUT2D eigenvalue weighted by molar-refractivity contribution is 0.225. The van der Waals surface area contributed by atoms with Crippen molar-refractivity contribution >= 4 is 11.0 Å². The highest BCUT2D eigenvalue weighted by Crippen LogP contribution is 2.47. The monoisotopic (exact) mass is 973 g/mol. The second-order valence-corrected chi connectivity index (χ2v) is 22.5. The van der Waals surface area contributed by atoms with Gasteiger partial charge in [0, 0.05) is 28.5 Å². The zero-order valence-electron chi connectivity index (χ0n) is 44.2. The number of phenolic OH excluding ortho intramolecular Hbond substituents is 1. The highest BCUT2D eigenvalue weighted by atomic mass is 16.3. The van der Waals surface area contributed by atoms with E-state index >= 15 is 0 Å². The number of para-hydroxylation sites is 2. The van der Waals surface area contributed by atoms with Gasteiger partial charge in [-0.25, -0.2) is 4.98 Å². The summed E-state index contributed by atoms with van der Waals surface area (Å²) in [4.78, 5) is 10.7. The van der Waals surface area contributed by atoms with Crippen molar-refractivity contribution in [3.8, 4) is 101 Å². The fraction of sp³-hybridized carbons (Fsp3) is 0.155. The van der Waals surface area contributed by atoms with Crippen LogP contribution in [0.2, 0.25) is 0 Å². The first kappa shape index (κ1) is 48.7. The standard InChI is InChI=1S/C71H63N3O/c1-69(2,3)56-38-39-64(62(46-56)50-26-16-11-17-27-50)74-65-33-21-30-58(66(65)73-68(74)61-32-20-31-60(67(61)75)59-29-19-18-28-57(59)49-24-14-10-15-25-49)53-42-52(47-22-12-9-13-23-47)43-54(44-53)63-45-51(40-41-72-63)48-34-36-55(37-35-48)71(7,8)70(4,5)6/h9-46,75H,1-8H3. The van der Waals surface area contributed by atoms with Gasteiger partial charge < -0.3 is 5.11 Å². The summed E-state index contributed by atoms with van der Waals surface area (Å²) in [5.41, 5.74) is 20.2. The van der Waals surface area contributed by atoms with Crippen molar-refractivity contribution in [3.05, 3.63) is 242 Å². The number of rotatable bonds is 10. The number of benzene rings is 9. The molecule has 0 spiro atoms. The lowest BCUT2D eigenvalue weighted by Gasteiger charge is -2.39. The number of hydrogen-bond donors (Lipinski definition) is 1. The Kier molecular flexibility index (Phi) is 12.6. The molecule has 4 nitrogen and oxygen atoms in total. The van der Waals surface area contributed by atoms with E-state index in [-0.39, 0.29) is 22.0 Å². The Hall–Kier alpha value is -8.60. The number of phenols is 1. The van der Waals surface area contributed by atoms with Crippen LogP contribution in [0.4, 0.5) is 0 Å². The molecule has 0 aliphatic carbocycles. The van der Waals surface area contributed by atoms with E-state index in [9.17, 15) is 5.11 Å². The van der Waals surface area contributed by atoms with Gasteiger partial charge in [0.15, 0.2) is 0 Å². The Morgan fingerprint density at radius 2 is 0.907 bits per heavy atom. The molecule has 0 unspecified atom stereocenters. The quantitative estimate of drug-likeness (QED) is 0.149. The smallest absolute Gasteiger partial charge is 0.149 e. The zero-order chi connectivity index (χ0) is 52.1. The van der Waals surface area contributed by atoms with E-state index in [1.165, 1.54) is 11.1 Å². The fourth-order valence-electron chi connectivity index (χ4n) is 10.3. The van der Waals surface area contributed by atoms with Crippen LogP contribution in [0.3, 0.4) is 0 Å². The molecule has 4 heteroatoms. The maximum absolute atomic E-state index is 12.8. The summed E-state index contributed by atoms with van der Waals surface area (Å²) in [5, 5.41) is 12.8. The average Bonchev–Trinajstić information content (AvgIpc) is 3.83. The molecular formula is C71H63N3O. The first-order valence-electron chi connectivity index (χ1n) is 26.1. The molecule has 1 N–H and O–H groups in total. The molecule has 2 heterocycles. The molecule has 0 saturated heterocycles. The number of fused-ring (bicyclic) bond motifs is 1. The molecule has 75 heavy (non-hydrogen) atoms. The molecule has 368 valence electrons. The lowest BCUT2D eigenvalue weighted by atomic mass is 9.65. The van der Waals surface area contributed by atoms with Gasteiger partial charge in [-0.15, -0.1) is 0 Å². The van der Waals surface area contributed by atoms with Gasteiger partial charge in [-0.2, -0.15) is 0 Å². The third-order valence-electron chi connectivity index (χ3n) is 15.7. The third-order valence-corrected chi connectivity index (χ3v) is 15.7. The predicted molar refractivity (Wildman–Crippen MR) is 315 cm³/mol. The van der Waals surface area contributed by atoms with Crippen molar-refractivity contribution in [1.82, 2.24) is 14.5 Å². The Balaban J connectivity index is 1.14. The molecule has 0 amide bonds. The van der Waals surface area contributed by atoms with E-state index < -0.39 is 0 Å². The average molecular weight is 974 g/mol. The van der Waals surface area contributed by atoms with E-state index in [1.807, 2.05) is 36.5 Å². The van der Waals surface area contributed by atoms with Crippen LogP contribution in [-0.4, -0.2) is 19.6 Å². The third kappa shape index (κ3) is 9.27. The predicted octanol–water partition coefficient (Wildman–Crippen LogP) is 19.1. The van der Waals surface area contributed by atoms with E-state index in [0.29, 0.717) is 11.4 Å². The number of imidazole rings is 1. The SMILES string of the molecule is CC(C)(C)c1ccc(-n2c(-c3cccc(-c4ccccc4-c4ccccc4)c3O)nc3c(-c4cc(-c5ccccc5)cc(-c5cc(-c6ccc(C(C)(C)C(C)(C)C)cc6)ccn5)c4)cccc32)c(-c2ccccc2)c1. The van der Waals surface area contributed by atoms with Gasteiger partial charge in [-0.05, 0) is 132 Å². The highest BCUT2D eigenvalue weighted by molar-refractivity contribution is 5.99. The molecule has 9 aromatic carbocycles. The second kappa shape index (κ2) is 19.3. The van der Waals surface area contributed by atoms with Crippen LogP contribution < -0.4 is 0 Å². The number of pyridine rings is 1. The minimum absolute atomic E-state index is 0.00289. The van der Waals surface area contributed by atoms with Gasteiger partial charge >= 0.3 is 0 Å². The van der Waals surface area contributed by atoms with E-state index in [0.717, 1.165) is 94.7 Å². The number of nitrogens with zero attached hydrogens (tertiary/aromatic N) is 3. The van der Waals surface area contributed by atoms with Crippen molar-refractivity contribution in [2.24, 2.45) is 5.41 Å². The molecule has 0 bridgehead atoms. The summed E-state index contributed by atoms with van der Waals surface area (Å²) < 4.78 is 2.26. The van der Waals surface area contributed by atoms with Crippen LogP contribution in [-0.2, 0) is 10.8 Å². The van der Waals surface area contributed by atoms with Crippen molar-refractivity contribution in [2.75, 3.05) is 0 Å². The molecule has 0 radical (unpaired) electrons. The van der Waals surface area contributed by atoms with Gasteiger partial charge in [0.05, 0.1) is 28.0 Å². The number of hydrogen-bond acceptors (Lipinski definition) is 3. The number of aromatic hydroxyl groups is 1. The van der Waals surface area contributed by atoms with Crippen LogP contribution in [0.1, 0.15) is 66.5 Å². The number of aromatic nitrogens is 3. The van der Waals surface area contributed by atoms with Gasteiger partial charge in [-0.3, -0.25) is 9.55 Å². The summed E-state index contributed by atoms with van der Waals surface area (Å²) in [6, 6.07) is 79.3. The molecule has 0 fully saturated rings. The van der Waals surface area contributed by atoms with Crippen LogP contribution in [0.15, 0.2) is 231 Å². The topological polar surface area (TPSA) is 50.9 Å². The molecule has 11 aromatic rings. The summed E-state index contributed by atoms with van der Waals surface area (Å²) in [6.45, 7) is 18.4. The lowest BCUT2D eigenvalue weighted by Crippen LogP contribution is -2.33. The maximum Gasteiger partial charge on any atom is 0.149 e. The molecule has 2 aromatic heterocycles. The van der Waals surface area contributed by atoms with Crippen molar-refractivity contribution < 1.29 is 5.11 Å². The van der Waals surface area contributed by atoms with E-state index in [2.05, 4.69) is 254 Å². The van der Waals surface area contributed by atoms with Gasteiger partial charge in [0.2, 0.25) is 0 Å². The zero-order valence-corrected chi connectivity index (χ0v) is 44.2. The van der Waals surface area contributed by atoms with Gasteiger partial charge in [0.25, 0.3) is 0 Å². The minimum Gasteiger partial charge on any atom is -0.507 e. The molecule has 11 rings (SSSR count). The molecule has 0 aliphatic rings. The minimum atomic E-state index is -0.0996. The van der Waals surface area contributed by atoms with Crippen molar-refractivity contribution in [1.29, 1.82) is 0 Å². The van der Waals surface area contributed by atoms with E-state index in [1.54, 1.807) is 0 Å². The van der Waals surface area contributed by atoms with Crippen LogP contribution in [0.5, 0.6) is 5.75 Å². The summed E-state index contributed by atoms with van der Waals surface area (Å²) >= 11 is 0. The molecule has 0 aliphatic heterocycles. The highest BCUT2D eigenvalue weighted by Gasteiger charge is 2.34. The maximum atomic E-state index is 12.8. The van der Waals surface area contributed by atoms with Crippen LogP contribution in [0.25, 0.3) is 106 Å².